The van der Waals surface area contributed by atoms with Crippen molar-refractivity contribution < 1.29 is 9.84 Å². The third-order valence-corrected chi connectivity index (χ3v) is 4.65. The van der Waals surface area contributed by atoms with E-state index in [1.165, 1.54) is 6.42 Å². The monoisotopic (exact) mass is 213 g/mol. The van der Waals surface area contributed by atoms with Crippen LogP contribution in [-0.2, 0) is 4.74 Å². The maximum Gasteiger partial charge on any atom is 0.0741 e. The fourth-order valence-corrected chi connectivity index (χ4v) is 3.28. The lowest BCUT2D eigenvalue weighted by atomic mass is 9.69. The Morgan fingerprint density at radius 1 is 1.47 bits per heavy atom. The summed E-state index contributed by atoms with van der Waals surface area (Å²) in [5, 5.41) is 10.8. The third-order valence-electron chi connectivity index (χ3n) is 4.65. The van der Waals surface area contributed by atoms with E-state index in [-0.39, 0.29) is 5.41 Å². The Morgan fingerprint density at radius 2 is 2.27 bits per heavy atom. The van der Waals surface area contributed by atoms with Gasteiger partial charge in [-0.3, -0.25) is 0 Å². The van der Waals surface area contributed by atoms with Crippen LogP contribution in [0.15, 0.2) is 0 Å². The van der Waals surface area contributed by atoms with Crippen LogP contribution in [0.4, 0.5) is 0 Å². The molecule has 1 saturated heterocycles. The van der Waals surface area contributed by atoms with Gasteiger partial charge in [0.15, 0.2) is 0 Å². The fraction of sp³-hybridized carbons (Fsp3) is 1.00. The Bertz CT molecular complexity index is 226. The van der Waals surface area contributed by atoms with Gasteiger partial charge in [0.2, 0.25) is 0 Å². The van der Waals surface area contributed by atoms with Crippen LogP contribution < -0.4 is 5.73 Å². The third kappa shape index (κ3) is 1.71. The Balaban J connectivity index is 2.13. The topological polar surface area (TPSA) is 55.5 Å². The second kappa shape index (κ2) is 4.04. The molecule has 15 heavy (non-hydrogen) atoms. The summed E-state index contributed by atoms with van der Waals surface area (Å²) in [6, 6.07) is 0. The van der Waals surface area contributed by atoms with Crippen molar-refractivity contribution in [2.75, 3.05) is 19.8 Å². The van der Waals surface area contributed by atoms with E-state index in [0.717, 1.165) is 32.3 Å². The van der Waals surface area contributed by atoms with Gasteiger partial charge in [-0.25, -0.2) is 0 Å². The van der Waals surface area contributed by atoms with Crippen LogP contribution in [0.1, 0.15) is 39.0 Å². The minimum atomic E-state index is -0.557. The number of aliphatic hydroxyl groups is 1. The SMILES string of the molecule is CCC1CCC(O)(C2(CN)CCOC2)C1. The first kappa shape index (κ1) is 11.4. The molecule has 3 atom stereocenters. The van der Waals surface area contributed by atoms with E-state index in [2.05, 4.69) is 6.92 Å². The molecule has 3 unspecified atom stereocenters. The molecule has 1 aliphatic carbocycles. The van der Waals surface area contributed by atoms with E-state index in [1.54, 1.807) is 0 Å². The number of ether oxygens (including phenoxy) is 1. The summed E-state index contributed by atoms with van der Waals surface area (Å²) in [7, 11) is 0. The van der Waals surface area contributed by atoms with Gasteiger partial charge in [-0.05, 0) is 31.6 Å². The second-order valence-electron chi connectivity index (χ2n) is 5.34. The smallest absolute Gasteiger partial charge is 0.0741 e. The maximum atomic E-state index is 10.8. The van der Waals surface area contributed by atoms with Crippen LogP contribution in [0.3, 0.4) is 0 Å². The molecule has 0 aromatic rings. The highest BCUT2D eigenvalue weighted by molar-refractivity contribution is 5.05. The highest BCUT2D eigenvalue weighted by atomic mass is 16.5. The van der Waals surface area contributed by atoms with Crippen LogP contribution in [-0.4, -0.2) is 30.5 Å². The van der Waals surface area contributed by atoms with Gasteiger partial charge in [-0.15, -0.1) is 0 Å². The average molecular weight is 213 g/mol. The molecule has 2 rings (SSSR count). The summed E-state index contributed by atoms with van der Waals surface area (Å²) in [5.74, 6) is 0.680. The van der Waals surface area contributed by atoms with Crippen LogP contribution in [0.25, 0.3) is 0 Å². The molecule has 88 valence electrons. The molecule has 1 saturated carbocycles. The summed E-state index contributed by atoms with van der Waals surface area (Å²) < 4.78 is 5.46. The predicted molar refractivity (Wildman–Crippen MR) is 59.5 cm³/mol. The zero-order valence-corrected chi connectivity index (χ0v) is 9.67. The largest absolute Gasteiger partial charge is 0.389 e. The molecular formula is C12H23NO2. The molecule has 1 aliphatic heterocycles. The van der Waals surface area contributed by atoms with E-state index in [1.807, 2.05) is 0 Å². The van der Waals surface area contributed by atoms with Gasteiger partial charge >= 0.3 is 0 Å². The van der Waals surface area contributed by atoms with Crippen LogP contribution in [0.2, 0.25) is 0 Å². The van der Waals surface area contributed by atoms with Gasteiger partial charge in [-0.2, -0.15) is 0 Å². The lowest BCUT2D eigenvalue weighted by Crippen LogP contribution is -2.51. The lowest BCUT2D eigenvalue weighted by molar-refractivity contribution is -0.0803. The standard InChI is InChI=1S/C12H23NO2/c1-2-10-3-4-12(14,7-10)11(8-13)5-6-15-9-11/h10,14H,2-9,13H2,1H3. The van der Waals surface area contributed by atoms with Crippen LogP contribution >= 0.6 is 0 Å². The second-order valence-corrected chi connectivity index (χ2v) is 5.34. The zero-order chi connectivity index (χ0) is 10.9. The Kier molecular flexibility index (Phi) is 3.06. The van der Waals surface area contributed by atoms with Crippen molar-refractivity contribution in [2.45, 2.75) is 44.6 Å². The van der Waals surface area contributed by atoms with Crippen molar-refractivity contribution in [3.8, 4) is 0 Å². The summed E-state index contributed by atoms with van der Waals surface area (Å²) >= 11 is 0. The van der Waals surface area contributed by atoms with Gasteiger partial charge in [0.1, 0.15) is 0 Å². The summed E-state index contributed by atoms with van der Waals surface area (Å²) in [4.78, 5) is 0. The summed E-state index contributed by atoms with van der Waals surface area (Å²) in [5.41, 5.74) is 5.17. The first-order valence-electron chi connectivity index (χ1n) is 6.16. The molecule has 0 aromatic carbocycles. The molecule has 2 fully saturated rings. The first-order valence-corrected chi connectivity index (χ1v) is 6.16. The van der Waals surface area contributed by atoms with Gasteiger partial charge in [0.05, 0.1) is 12.2 Å². The molecule has 0 bridgehead atoms. The molecule has 1 heterocycles. The van der Waals surface area contributed by atoms with Gasteiger partial charge in [0.25, 0.3) is 0 Å². The van der Waals surface area contributed by atoms with Gasteiger partial charge in [-0.1, -0.05) is 13.3 Å². The van der Waals surface area contributed by atoms with E-state index in [0.29, 0.717) is 19.1 Å². The molecule has 3 N–H and O–H groups in total. The van der Waals surface area contributed by atoms with Crippen LogP contribution in [0, 0.1) is 11.3 Å². The molecule has 0 aromatic heterocycles. The van der Waals surface area contributed by atoms with Crippen LogP contribution in [0.5, 0.6) is 0 Å². The highest BCUT2D eigenvalue weighted by Gasteiger charge is 2.54. The average Bonchev–Trinajstić information content (AvgIpc) is 2.85. The Labute approximate surface area is 92.0 Å². The number of rotatable bonds is 3. The number of nitrogens with two attached hydrogens (primary N) is 1. The van der Waals surface area contributed by atoms with Crippen molar-refractivity contribution in [1.29, 1.82) is 0 Å². The minimum absolute atomic E-state index is 0.156. The first-order chi connectivity index (χ1) is 7.16. The van der Waals surface area contributed by atoms with E-state index >= 15 is 0 Å². The van der Waals surface area contributed by atoms with Crippen molar-refractivity contribution in [1.82, 2.24) is 0 Å². The number of hydrogen-bond donors (Lipinski definition) is 2. The Hall–Kier alpha value is -0.120. The molecule has 0 radical (unpaired) electrons. The quantitative estimate of drug-likeness (QED) is 0.743. The maximum absolute atomic E-state index is 10.8. The van der Waals surface area contributed by atoms with Crippen molar-refractivity contribution in [3.63, 3.8) is 0 Å². The fourth-order valence-electron chi connectivity index (χ4n) is 3.28. The van der Waals surface area contributed by atoms with E-state index in [4.69, 9.17) is 10.5 Å². The summed E-state index contributed by atoms with van der Waals surface area (Å²) in [6.45, 7) is 4.17. The van der Waals surface area contributed by atoms with Crippen molar-refractivity contribution in [3.05, 3.63) is 0 Å². The van der Waals surface area contributed by atoms with Gasteiger partial charge in [0, 0.05) is 18.6 Å². The number of hydrogen-bond acceptors (Lipinski definition) is 3. The van der Waals surface area contributed by atoms with Gasteiger partial charge < -0.3 is 15.6 Å². The normalized spacial score (nSPS) is 46.2. The molecule has 3 nitrogen and oxygen atoms in total. The molecular weight excluding hydrogens is 190 g/mol. The highest BCUT2D eigenvalue weighted by Crippen LogP contribution is 2.50. The predicted octanol–water partition coefficient (Wildman–Crippen LogP) is 1.29. The molecule has 3 heteroatoms. The van der Waals surface area contributed by atoms with E-state index < -0.39 is 5.60 Å². The Morgan fingerprint density at radius 3 is 2.73 bits per heavy atom. The zero-order valence-electron chi connectivity index (χ0n) is 9.67. The van der Waals surface area contributed by atoms with E-state index in [9.17, 15) is 5.11 Å². The minimum Gasteiger partial charge on any atom is -0.389 e. The molecule has 2 aliphatic rings. The van der Waals surface area contributed by atoms with Crippen molar-refractivity contribution >= 4 is 0 Å². The molecule has 0 spiro atoms. The molecule has 0 amide bonds. The summed E-state index contributed by atoms with van der Waals surface area (Å²) in [6.07, 6.45) is 5.07. The lowest BCUT2D eigenvalue weighted by Gasteiger charge is -2.41. The van der Waals surface area contributed by atoms with Crippen molar-refractivity contribution in [2.24, 2.45) is 17.1 Å².